The zero-order valence-electron chi connectivity index (χ0n) is 8.64. The predicted octanol–water partition coefficient (Wildman–Crippen LogP) is 3.55. The van der Waals surface area contributed by atoms with Gasteiger partial charge in [-0.3, -0.25) is 4.79 Å². The standard InChI is InChI=1S/C10H13BrClNOS/c1-10(2,5-11)6-13-9(14)7-3-4-8(12)15-7/h3-4H,5-6H2,1-2H3,(H,13,14). The van der Waals surface area contributed by atoms with Gasteiger partial charge >= 0.3 is 0 Å². The average molecular weight is 311 g/mol. The van der Waals surface area contributed by atoms with Crippen molar-refractivity contribution in [3.63, 3.8) is 0 Å². The SMILES string of the molecule is CC(C)(CBr)CNC(=O)c1ccc(Cl)s1. The van der Waals surface area contributed by atoms with Crippen molar-refractivity contribution in [3.8, 4) is 0 Å². The maximum atomic E-state index is 11.6. The molecular weight excluding hydrogens is 298 g/mol. The highest BCUT2D eigenvalue weighted by molar-refractivity contribution is 9.09. The minimum Gasteiger partial charge on any atom is -0.351 e. The lowest BCUT2D eigenvalue weighted by atomic mass is 9.97. The summed E-state index contributed by atoms with van der Waals surface area (Å²) < 4.78 is 0.639. The lowest BCUT2D eigenvalue weighted by Crippen LogP contribution is -2.34. The predicted molar refractivity (Wildman–Crippen MR) is 69.2 cm³/mol. The van der Waals surface area contributed by atoms with Crippen molar-refractivity contribution in [3.05, 3.63) is 21.3 Å². The summed E-state index contributed by atoms with van der Waals surface area (Å²) in [5, 5.41) is 3.74. The minimum atomic E-state index is -0.0547. The molecule has 0 spiro atoms. The van der Waals surface area contributed by atoms with Crippen LogP contribution in [0.25, 0.3) is 0 Å². The Morgan fingerprint density at radius 1 is 1.60 bits per heavy atom. The Morgan fingerprint density at radius 3 is 2.73 bits per heavy atom. The van der Waals surface area contributed by atoms with Gasteiger partial charge in [0.05, 0.1) is 9.21 Å². The highest BCUT2D eigenvalue weighted by atomic mass is 79.9. The normalized spacial score (nSPS) is 11.5. The van der Waals surface area contributed by atoms with E-state index in [0.717, 1.165) is 5.33 Å². The van der Waals surface area contributed by atoms with Gasteiger partial charge in [-0.1, -0.05) is 41.4 Å². The summed E-state index contributed by atoms with van der Waals surface area (Å²) in [7, 11) is 0. The number of rotatable bonds is 4. The van der Waals surface area contributed by atoms with Gasteiger partial charge in [0.2, 0.25) is 0 Å². The Bertz CT molecular complexity index is 351. The third-order valence-electron chi connectivity index (χ3n) is 1.89. The molecule has 2 nitrogen and oxygen atoms in total. The molecule has 0 saturated heterocycles. The Labute approximate surface area is 107 Å². The van der Waals surface area contributed by atoms with Crippen LogP contribution in [0.15, 0.2) is 12.1 Å². The van der Waals surface area contributed by atoms with Crippen molar-refractivity contribution >= 4 is 44.8 Å². The molecule has 1 aromatic rings. The average Bonchev–Trinajstić information content (AvgIpc) is 2.61. The molecule has 1 aromatic heterocycles. The van der Waals surface area contributed by atoms with E-state index in [1.54, 1.807) is 12.1 Å². The molecule has 15 heavy (non-hydrogen) atoms. The fraction of sp³-hybridized carbons (Fsp3) is 0.500. The van der Waals surface area contributed by atoms with E-state index in [1.165, 1.54) is 11.3 Å². The van der Waals surface area contributed by atoms with Crippen LogP contribution in [0.3, 0.4) is 0 Å². The summed E-state index contributed by atoms with van der Waals surface area (Å²) in [5.41, 5.74) is 0.0662. The van der Waals surface area contributed by atoms with E-state index in [-0.39, 0.29) is 11.3 Å². The number of hydrogen-bond donors (Lipinski definition) is 1. The van der Waals surface area contributed by atoms with Gasteiger partial charge < -0.3 is 5.32 Å². The molecule has 84 valence electrons. The molecular formula is C10H13BrClNOS. The van der Waals surface area contributed by atoms with Crippen LogP contribution < -0.4 is 5.32 Å². The summed E-state index contributed by atoms with van der Waals surface area (Å²) in [6.07, 6.45) is 0. The van der Waals surface area contributed by atoms with E-state index in [1.807, 2.05) is 0 Å². The maximum Gasteiger partial charge on any atom is 0.261 e. The van der Waals surface area contributed by atoms with E-state index in [9.17, 15) is 4.79 Å². The van der Waals surface area contributed by atoms with Crippen LogP contribution in [0.5, 0.6) is 0 Å². The molecule has 0 aliphatic carbocycles. The van der Waals surface area contributed by atoms with Gasteiger partial charge in [0.15, 0.2) is 0 Å². The van der Waals surface area contributed by atoms with Crippen molar-refractivity contribution in [1.29, 1.82) is 0 Å². The van der Waals surface area contributed by atoms with Crippen LogP contribution in [0.2, 0.25) is 4.34 Å². The Hall–Kier alpha value is -0.0600. The Balaban J connectivity index is 2.50. The first kappa shape index (κ1) is 13.0. The highest BCUT2D eigenvalue weighted by Gasteiger charge is 2.18. The van der Waals surface area contributed by atoms with Gasteiger partial charge in [-0.05, 0) is 17.5 Å². The summed E-state index contributed by atoms with van der Waals surface area (Å²) >= 11 is 10.5. The van der Waals surface area contributed by atoms with Gasteiger partial charge in [-0.25, -0.2) is 0 Å². The molecule has 0 unspecified atom stereocenters. The van der Waals surface area contributed by atoms with Gasteiger partial charge in [-0.2, -0.15) is 0 Å². The molecule has 5 heteroatoms. The smallest absolute Gasteiger partial charge is 0.261 e. The number of thiophene rings is 1. The summed E-state index contributed by atoms with van der Waals surface area (Å²) in [4.78, 5) is 12.3. The molecule has 0 radical (unpaired) electrons. The second-order valence-corrected chi connectivity index (χ2v) is 6.36. The second-order valence-electron chi connectivity index (χ2n) is 4.08. The fourth-order valence-corrected chi connectivity index (χ4v) is 2.05. The van der Waals surface area contributed by atoms with Crippen molar-refractivity contribution in [2.24, 2.45) is 5.41 Å². The van der Waals surface area contributed by atoms with Gasteiger partial charge in [0.1, 0.15) is 0 Å². The van der Waals surface area contributed by atoms with Gasteiger partial charge in [0.25, 0.3) is 5.91 Å². The first-order valence-corrected chi connectivity index (χ1v) is 6.86. The molecule has 0 aromatic carbocycles. The summed E-state index contributed by atoms with van der Waals surface area (Å²) in [6.45, 7) is 4.82. The van der Waals surface area contributed by atoms with Crippen LogP contribution in [-0.2, 0) is 0 Å². The van der Waals surface area contributed by atoms with Crippen LogP contribution in [0.4, 0.5) is 0 Å². The zero-order chi connectivity index (χ0) is 11.5. The number of alkyl halides is 1. The number of carbonyl (C=O) groups is 1. The van der Waals surface area contributed by atoms with Crippen molar-refractivity contribution < 1.29 is 4.79 Å². The van der Waals surface area contributed by atoms with E-state index >= 15 is 0 Å². The molecule has 1 rings (SSSR count). The third-order valence-corrected chi connectivity index (χ3v) is 4.63. The van der Waals surface area contributed by atoms with Crippen molar-refractivity contribution in [1.82, 2.24) is 5.32 Å². The topological polar surface area (TPSA) is 29.1 Å². The highest BCUT2D eigenvalue weighted by Crippen LogP contribution is 2.22. The molecule has 0 fully saturated rings. The first-order valence-electron chi connectivity index (χ1n) is 4.54. The van der Waals surface area contributed by atoms with Crippen LogP contribution in [0.1, 0.15) is 23.5 Å². The quantitative estimate of drug-likeness (QED) is 0.847. The molecule has 0 bridgehead atoms. The number of amides is 1. The molecule has 0 aliphatic heterocycles. The number of halogens is 2. The van der Waals surface area contributed by atoms with Crippen LogP contribution in [0, 0.1) is 5.41 Å². The third kappa shape index (κ3) is 4.13. The summed E-state index contributed by atoms with van der Waals surface area (Å²) in [5.74, 6) is -0.0547. The molecule has 0 saturated carbocycles. The Morgan fingerprint density at radius 2 is 2.27 bits per heavy atom. The molecule has 1 N–H and O–H groups in total. The van der Waals surface area contributed by atoms with E-state index in [0.29, 0.717) is 15.8 Å². The monoisotopic (exact) mass is 309 g/mol. The lowest BCUT2D eigenvalue weighted by Gasteiger charge is -2.21. The number of carbonyl (C=O) groups excluding carboxylic acids is 1. The molecule has 0 atom stereocenters. The summed E-state index contributed by atoms with van der Waals surface area (Å²) in [6, 6.07) is 3.47. The van der Waals surface area contributed by atoms with Crippen molar-refractivity contribution in [2.45, 2.75) is 13.8 Å². The zero-order valence-corrected chi connectivity index (χ0v) is 11.8. The molecule has 1 heterocycles. The first-order chi connectivity index (χ1) is 6.94. The number of nitrogens with one attached hydrogen (secondary N) is 1. The van der Waals surface area contributed by atoms with Crippen LogP contribution >= 0.6 is 38.9 Å². The van der Waals surface area contributed by atoms with E-state index in [4.69, 9.17) is 11.6 Å². The van der Waals surface area contributed by atoms with E-state index in [2.05, 4.69) is 35.1 Å². The van der Waals surface area contributed by atoms with Crippen LogP contribution in [-0.4, -0.2) is 17.8 Å². The Kier molecular flexibility index (Phi) is 4.62. The van der Waals surface area contributed by atoms with Gasteiger partial charge in [-0.15, -0.1) is 11.3 Å². The van der Waals surface area contributed by atoms with Crippen molar-refractivity contribution in [2.75, 3.05) is 11.9 Å². The largest absolute Gasteiger partial charge is 0.351 e. The molecule has 1 amide bonds. The number of hydrogen-bond acceptors (Lipinski definition) is 2. The maximum absolute atomic E-state index is 11.6. The molecule has 0 aliphatic rings. The minimum absolute atomic E-state index is 0.0547. The van der Waals surface area contributed by atoms with Gasteiger partial charge in [0, 0.05) is 11.9 Å². The fourth-order valence-electron chi connectivity index (χ4n) is 0.890. The van der Waals surface area contributed by atoms with E-state index < -0.39 is 0 Å². The lowest BCUT2D eigenvalue weighted by molar-refractivity contribution is 0.0944. The second kappa shape index (κ2) is 5.32.